The minimum Gasteiger partial charge on any atom is -0.497 e. The van der Waals surface area contributed by atoms with Crippen LogP contribution in [-0.4, -0.2) is 13.2 Å². The molecular formula is C16H21NO. The lowest BCUT2D eigenvalue weighted by Crippen LogP contribution is -2.22. The quantitative estimate of drug-likeness (QED) is 0.872. The summed E-state index contributed by atoms with van der Waals surface area (Å²) in [6, 6.07) is 12.8. The number of benzene rings is 2. The fourth-order valence-corrected chi connectivity index (χ4v) is 2.38. The van der Waals surface area contributed by atoms with E-state index >= 15 is 0 Å². The van der Waals surface area contributed by atoms with E-state index in [1.165, 1.54) is 16.3 Å². The molecule has 0 radical (unpaired) electrons. The second-order valence-corrected chi connectivity index (χ2v) is 4.76. The van der Waals surface area contributed by atoms with Gasteiger partial charge in [0.15, 0.2) is 0 Å². The third kappa shape index (κ3) is 2.82. The van der Waals surface area contributed by atoms with Gasteiger partial charge < -0.3 is 10.5 Å². The zero-order valence-electron chi connectivity index (χ0n) is 11.1. The molecule has 0 aliphatic rings. The highest BCUT2D eigenvalue weighted by molar-refractivity contribution is 5.87. The Morgan fingerprint density at radius 3 is 2.78 bits per heavy atom. The summed E-state index contributed by atoms with van der Waals surface area (Å²) < 4.78 is 5.30. The lowest BCUT2D eigenvalue weighted by Gasteiger charge is -2.13. The molecule has 0 spiro atoms. The van der Waals surface area contributed by atoms with Gasteiger partial charge in [0, 0.05) is 6.04 Å². The van der Waals surface area contributed by atoms with Crippen molar-refractivity contribution in [1.29, 1.82) is 0 Å². The van der Waals surface area contributed by atoms with Gasteiger partial charge >= 0.3 is 0 Å². The summed E-state index contributed by atoms with van der Waals surface area (Å²) in [5, 5.41) is 2.50. The Morgan fingerprint density at radius 2 is 2.06 bits per heavy atom. The number of fused-ring (bicyclic) bond motifs is 1. The van der Waals surface area contributed by atoms with Crippen LogP contribution in [0.25, 0.3) is 10.8 Å². The fourth-order valence-electron chi connectivity index (χ4n) is 2.38. The number of rotatable bonds is 5. The summed E-state index contributed by atoms with van der Waals surface area (Å²) in [5.74, 6) is 0.902. The first-order valence-electron chi connectivity index (χ1n) is 6.55. The van der Waals surface area contributed by atoms with Crippen molar-refractivity contribution in [2.75, 3.05) is 7.11 Å². The molecule has 0 unspecified atom stereocenters. The van der Waals surface area contributed by atoms with E-state index in [2.05, 4.69) is 37.3 Å². The third-order valence-corrected chi connectivity index (χ3v) is 3.32. The van der Waals surface area contributed by atoms with Crippen molar-refractivity contribution < 1.29 is 4.74 Å². The highest BCUT2D eigenvalue weighted by Crippen LogP contribution is 2.25. The topological polar surface area (TPSA) is 35.2 Å². The fraction of sp³-hybridized carbons (Fsp3) is 0.375. The molecule has 0 aliphatic carbocycles. The first kappa shape index (κ1) is 12.9. The van der Waals surface area contributed by atoms with E-state index in [0.717, 1.165) is 25.0 Å². The molecule has 2 aromatic rings. The third-order valence-electron chi connectivity index (χ3n) is 3.32. The maximum absolute atomic E-state index is 6.15. The Hall–Kier alpha value is -1.54. The van der Waals surface area contributed by atoms with E-state index in [9.17, 15) is 0 Å². The Kier molecular flexibility index (Phi) is 4.21. The van der Waals surface area contributed by atoms with Gasteiger partial charge in [0.05, 0.1) is 7.11 Å². The molecule has 2 nitrogen and oxygen atoms in total. The van der Waals surface area contributed by atoms with Gasteiger partial charge in [-0.2, -0.15) is 0 Å². The maximum Gasteiger partial charge on any atom is 0.119 e. The molecular weight excluding hydrogens is 222 g/mol. The minimum absolute atomic E-state index is 0.242. The van der Waals surface area contributed by atoms with Gasteiger partial charge in [-0.1, -0.05) is 37.6 Å². The van der Waals surface area contributed by atoms with Crippen molar-refractivity contribution in [3.8, 4) is 5.75 Å². The minimum atomic E-state index is 0.242. The van der Waals surface area contributed by atoms with Crippen LogP contribution in [0, 0.1) is 0 Å². The van der Waals surface area contributed by atoms with E-state index < -0.39 is 0 Å². The zero-order chi connectivity index (χ0) is 13.0. The molecule has 0 aliphatic heterocycles. The Balaban J connectivity index is 2.36. The Morgan fingerprint density at radius 1 is 1.22 bits per heavy atom. The van der Waals surface area contributed by atoms with Gasteiger partial charge in [0.2, 0.25) is 0 Å². The molecule has 0 heterocycles. The van der Waals surface area contributed by atoms with Gasteiger partial charge in [0.1, 0.15) is 5.75 Å². The zero-order valence-corrected chi connectivity index (χ0v) is 11.1. The van der Waals surface area contributed by atoms with Crippen molar-refractivity contribution >= 4 is 10.8 Å². The Bertz CT molecular complexity index is 521. The van der Waals surface area contributed by atoms with Crippen LogP contribution < -0.4 is 10.5 Å². The average Bonchev–Trinajstić information content (AvgIpc) is 2.39. The van der Waals surface area contributed by atoms with Crippen LogP contribution in [0.5, 0.6) is 5.75 Å². The van der Waals surface area contributed by atoms with Crippen LogP contribution in [0.15, 0.2) is 36.4 Å². The smallest absolute Gasteiger partial charge is 0.119 e. The summed E-state index contributed by atoms with van der Waals surface area (Å²) in [5.41, 5.74) is 7.46. The summed E-state index contributed by atoms with van der Waals surface area (Å²) in [7, 11) is 1.70. The molecule has 2 aromatic carbocycles. The maximum atomic E-state index is 6.15. The highest BCUT2D eigenvalue weighted by Gasteiger charge is 2.07. The Labute approximate surface area is 109 Å². The van der Waals surface area contributed by atoms with E-state index in [0.29, 0.717) is 0 Å². The van der Waals surface area contributed by atoms with Crippen LogP contribution in [0.2, 0.25) is 0 Å². The first-order valence-corrected chi connectivity index (χ1v) is 6.55. The molecule has 0 saturated heterocycles. The standard InChI is InChI=1S/C16H21NO/c1-3-5-14(17)10-13-7-4-6-12-8-9-15(18-2)11-16(12)13/h4,6-9,11,14H,3,5,10,17H2,1-2H3/t14-/m1/s1. The first-order chi connectivity index (χ1) is 8.74. The molecule has 0 bridgehead atoms. The number of nitrogens with two attached hydrogens (primary N) is 1. The number of methoxy groups -OCH3 is 1. The SMILES string of the molecule is CCC[C@@H](N)Cc1cccc2ccc(OC)cc12. The number of ether oxygens (including phenoxy) is 1. The van der Waals surface area contributed by atoms with Gasteiger partial charge in [-0.3, -0.25) is 0 Å². The van der Waals surface area contributed by atoms with E-state index in [1.807, 2.05) is 6.07 Å². The lowest BCUT2D eigenvalue weighted by atomic mass is 9.97. The molecule has 0 aromatic heterocycles. The molecule has 0 fully saturated rings. The molecule has 96 valence electrons. The average molecular weight is 243 g/mol. The van der Waals surface area contributed by atoms with Crippen molar-refractivity contribution in [2.45, 2.75) is 32.2 Å². The largest absolute Gasteiger partial charge is 0.497 e. The summed E-state index contributed by atoms with van der Waals surface area (Å²) >= 11 is 0. The van der Waals surface area contributed by atoms with Gasteiger partial charge in [0.25, 0.3) is 0 Å². The summed E-state index contributed by atoms with van der Waals surface area (Å²) in [6.45, 7) is 2.17. The van der Waals surface area contributed by atoms with Crippen molar-refractivity contribution in [1.82, 2.24) is 0 Å². The molecule has 2 rings (SSSR count). The number of hydrogen-bond donors (Lipinski definition) is 1. The second kappa shape index (κ2) is 5.87. The molecule has 0 saturated carbocycles. The van der Waals surface area contributed by atoms with Gasteiger partial charge in [-0.25, -0.2) is 0 Å². The van der Waals surface area contributed by atoms with E-state index in [-0.39, 0.29) is 6.04 Å². The van der Waals surface area contributed by atoms with Gasteiger partial charge in [-0.15, -0.1) is 0 Å². The van der Waals surface area contributed by atoms with Crippen LogP contribution in [-0.2, 0) is 6.42 Å². The lowest BCUT2D eigenvalue weighted by molar-refractivity contribution is 0.415. The molecule has 2 heteroatoms. The molecule has 18 heavy (non-hydrogen) atoms. The number of hydrogen-bond acceptors (Lipinski definition) is 2. The monoisotopic (exact) mass is 243 g/mol. The normalized spacial score (nSPS) is 12.6. The molecule has 1 atom stereocenters. The van der Waals surface area contributed by atoms with Crippen LogP contribution in [0.1, 0.15) is 25.3 Å². The molecule has 0 amide bonds. The van der Waals surface area contributed by atoms with Crippen molar-refractivity contribution in [2.24, 2.45) is 5.73 Å². The predicted molar refractivity (Wildman–Crippen MR) is 77.1 cm³/mol. The van der Waals surface area contributed by atoms with Gasteiger partial charge in [-0.05, 0) is 41.3 Å². The second-order valence-electron chi connectivity index (χ2n) is 4.76. The predicted octanol–water partition coefficient (Wildman–Crippen LogP) is 3.52. The van der Waals surface area contributed by atoms with E-state index in [1.54, 1.807) is 7.11 Å². The summed E-state index contributed by atoms with van der Waals surface area (Å²) in [4.78, 5) is 0. The summed E-state index contributed by atoms with van der Waals surface area (Å²) in [6.07, 6.45) is 3.13. The highest BCUT2D eigenvalue weighted by atomic mass is 16.5. The van der Waals surface area contributed by atoms with E-state index in [4.69, 9.17) is 10.5 Å². The van der Waals surface area contributed by atoms with Crippen molar-refractivity contribution in [3.63, 3.8) is 0 Å². The van der Waals surface area contributed by atoms with Crippen LogP contribution >= 0.6 is 0 Å². The van der Waals surface area contributed by atoms with Crippen LogP contribution in [0.4, 0.5) is 0 Å². The van der Waals surface area contributed by atoms with Crippen LogP contribution in [0.3, 0.4) is 0 Å². The van der Waals surface area contributed by atoms with Crippen molar-refractivity contribution in [3.05, 3.63) is 42.0 Å². The molecule has 2 N–H and O–H groups in total.